The Morgan fingerprint density at radius 1 is 1.32 bits per heavy atom. The highest BCUT2D eigenvalue weighted by molar-refractivity contribution is 7.15. The van der Waals surface area contributed by atoms with Gasteiger partial charge in [0.2, 0.25) is 0 Å². The van der Waals surface area contributed by atoms with Crippen molar-refractivity contribution in [2.75, 3.05) is 18.5 Å². The monoisotopic (exact) mass is 359 g/mol. The number of hydrogen-bond donors (Lipinski definition) is 1. The molecule has 132 valence electrons. The van der Waals surface area contributed by atoms with E-state index in [1.54, 1.807) is 6.92 Å². The third-order valence-electron chi connectivity index (χ3n) is 4.09. The van der Waals surface area contributed by atoms with Gasteiger partial charge in [0.25, 0.3) is 5.91 Å². The molecule has 0 saturated carbocycles. The Labute approximate surface area is 151 Å². The zero-order valence-corrected chi connectivity index (χ0v) is 15.2. The molecule has 0 radical (unpaired) electrons. The van der Waals surface area contributed by atoms with Crippen LogP contribution in [0.4, 0.5) is 5.00 Å². The summed E-state index contributed by atoms with van der Waals surface area (Å²) in [6.45, 7) is 4.65. The van der Waals surface area contributed by atoms with Crippen LogP contribution in [-0.4, -0.2) is 31.2 Å². The quantitative estimate of drug-likeness (QED) is 0.819. The van der Waals surface area contributed by atoms with Gasteiger partial charge in [0.1, 0.15) is 16.7 Å². The van der Waals surface area contributed by atoms with Gasteiger partial charge in [-0.05, 0) is 32.3 Å². The number of benzene rings is 1. The van der Waals surface area contributed by atoms with E-state index in [1.807, 2.05) is 36.6 Å². The maximum Gasteiger partial charge on any atom is 0.341 e. The number of thiophene rings is 1. The van der Waals surface area contributed by atoms with E-state index in [4.69, 9.17) is 9.47 Å². The van der Waals surface area contributed by atoms with E-state index >= 15 is 0 Å². The second-order valence-electron chi connectivity index (χ2n) is 5.93. The first-order valence-electron chi connectivity index (χ1n) is 8.38. The van der Waals surface area contributed by atoms with Crippen LogP contribution in [0.15, 0.2) is 29.6 Å². The van der Waals surface area contributed by atoms with Crippen LogP contribution in [0.5, 0.6) is 0 Å². The first kappa shape index (κ1) is 17.6. The second kappa shape index (κ2) is 7.80. The Balaban J connectivity index is 1.93. The largest absolute Gasteiger partial charge is 0.462 e. The molecule has 1 saturated heterocycles. The van der Waals surface area contributed by atoms with Crippen LogP contribution in [0.2, 0.25) is 0 Å². The topological polar surface area (TPSA) is 64.6 Å². The number of amides is 1. The van der Waals surface area contributed by atoms with Gasteiger partial charge in [0.15, 0.2) is 0 Å². The lowest BCUT2D eigenvalue weighted by Crippen LogP contribution is -2.27. The molecule has 1 aromatic heterocycles. The standard InChI is InChI=1S/C19H21NO4S/c1-3-23-19(22)16-14(13-8-6-12(2)7-9-13)11-25-18(16)20-17(21)15-5-4-10-24-15/h6-9,11,15H,3-5,10H2,1-2H3,(H,20,21)/t15-/m1/s1. The number of rotatable bonds is 5. The lowest BCUT2D eigenvalue weighted by molar-refractivity contribution is -0.124. The third-order valence-corrected chi connectivity index (χ3v) is 4.99. The van der Waals surface area contributed by atoms with Crippen molar-refractivity contribution in [3.05, 3.63) is 40.8 Å². The molecule has 1 aliphatic rings. The van der Waals surface area contributed by atoms with Crippen molar-refractivity contribution in [1.82, 2.24) is 0 Å². The number of carbonyl (C=O) groups excluding carboxylic acids is 2. The molecule has 1 aromatic carbocycles. The van der Waals surface area contributed by atoms with Crippen LogP contribution in [0.3, 0.4) is 0 Å². The van der Waals surface area contributed by atoms with Gasteiger partial charge in [-0.15, -0.1) is 11.3 Å². The lowest BCUT2D eigenvalue weighted by Gasteiger charge is -2.11. The number of carbonyl (C=O) groups is 2. The van der Waals surface area contributed by atoms with Crippen molar-refractivity contribution in [3.63, 3.8) is 0 Å². The molecule has 3 rings (SSSR count). The number of nitrogens with one attached hydrogen (secondary N) is 1. The predicted octanol–water partition coefficient (Wildman–Crippen LogP) is 4.02. The van der Waals surface area contributed by atoms with Gasteiger partial charge < -0.3 is 14.8 Å². The van der Waals surface area contributed by atoms with Crippen LogP contribution in [0.1, 0.15) is 35.7 Å². The zero-order chi connectivity index (χ0) is 17.8. The van der Waals surface area contributed by atoms with Gasteiger partial charge in [0.05, 0.1) is 6.61 Å². The summed E-state index contributed by atoms with van der Waals surface area (Å²) in [6, 6.07) is 7.91. The number of aryl methyl sites for hydroxylation is 1. The minimum atomic E-state index is -0.444. The molecule has 2 aromatic rings. The Morgan fingerprint density at radius 2 is 2.08 bits per heavy atom. The fourth-order valence-corrected chi connectivity index (χ4v) is 3.74. The van der Waals surface area contributed by atoms with Crippen LogP contribution in [-0.2, 0) is 14.3 Å². The molecule has 25 heavy (non-hydrogen) atoms. The van der Waals surface area contributed by atoms with Crippen LogP contribution in [0, 0.1) is 6.92 Å². The highest BCUT2D eigenvalue weighted by Gasteiger charge is 2.27. The Hall–Kier alpha value is -2.18. The van der Waals surface area contributed by atoms with E-state index < -0.39 is 12.1 Å². The number of esters is 1. The minimum Gasteiger partial charge on any atom is -0.462 e. The first-order chi connectivity index (χ1) is 12.1. The number of anilines is 1. The lowest BCUT2D eigenvalue weighted by atomic mass is 10.0. The van der Waals surface area contributed by atoms with Gasteiger partial charge in [-0.3, -0.25) is 4.79 Å². The second-order valence-corrected chi connectivity index (χ2v) is 6.81. The molecule has 1 atom stereocenters. The molecule has 0 bridgehead atoms. The van der Waals surface area contributed by atoms with Gasteiger partial charge in [0, 0.05) is 17.6 Å². The average Bonchev–Trinajstić information content (AvgIpc) is 3.25. The maximum absolute atomic E-state index is 12.5. The summed E-state index contributed by atoms with van der Waals surface area (Å²) in [5, 5.41) is 5.23. The molecule has 2 heterocycles. The minimum absolute atomic E-state index is 0.208. The molecule has 0 unspecified atom stereocenters. The summed E-state index contributed by atoms with van der Waals surface area (Å²) in [6.07, 6.45) is 1.14. The summed E-state index contributed by atoms with van der Waals surface area (Å²) in [5.74, 6) is -0.637. The number of hydrogen-bond acceptors (Lipinski definition) is 5. The summed E-state index contributed by atoms with van der Waals surface area (Å²) in [5.41, 5.74) is 3.24. The van der Waals surface area contributed by atoms with E-state index in [1.165, 1.54) is 11.3 Å². The van der Waals surface area contributed by atoms with Gasteiger partial charge in [-0.2, -0.15) is 0 Å². The Morgan fingerprint density at radius 3 is 2.72 bits per heavy atom. The maximum atomic E-state index is 12.5. The predicted molar refractivity (Wildman–Crippen MR) is 98.1 cm³/mol. The van der Waals surface area contributed by atoms with Gasteiger partial charge >= 0.3 is 5.97 Å². The van der Waals surface area contributed by atoms with Crippen LogP contribution in [0.25, 0.3) is 11.1 Å². The van der Waals surface area contributed by atoms with Crippen molar-refractivity contribution in [2.24, 2.45) is 0 Å². The third kappa shape index (κ3) is 3.91. The molecule has 0 spiro atoms. The number of ether oxygens (including phenoxy) is 2. The molecule has 6 heteroatoms. The molecule has 1 amide bonds. The summed E-state index contributed by atoms with van der Waals surface area (Å²) >= 11 is 1.33. The van der Waals surface area contributed by atoms with E-state index in [0.717, 1.165) is 23.1 Å². The van der Waals surface area contributed by atoms with E-state index in [-0.39, 0.29) is 12.5 Å². The summed E-state index contributed by atoms with van der Waals surface area (Å²) < 4.78 is 10.6. The normalized spacial score (nSPS) is 16.6. The Kier molecular flexibility index (Phi) is 5.50. The summed E-state index contributed by atoms with van der Waals surface area (Å²) in [4.78, 5) is 24.8. The SMILES string of the molecule is CCOC(=O)c1c(-c2ccc(C)cc2)csc1NC(=O)[C@H]1CCCO1. The molecule has 1 fully saturated rings. The first-order valence-corrected chi connectivity index (χ1v) is 9.26. The van der Waals surface area contributed by atoms with E-state index in [9.17, 15) is 9.59 Å². The average molecular weight is 359 g/mol. The Bertz CT molecular complexity index is 760. The smallest absolute Gasteiger partial charge is 0.341 e. The molecule has 5 nitrogen and oxygen atoms in total. The molecule has 1 N–H and O–H groups in total. The van der Waals surface area contributed by atoms with Crippen molar-refractivity contribution < 1.29 is 19.1 Å². The fourth-order valence-electron chi connectivity index (χ4n) is 2.78. The van der Waals surface area contributed by atoms with Crippen molar-refractivity contribution in [2.45, 2.75) is 32.8 Å². The van der Waals surface area contributed by atoms with Crippen LogP contribution < -0.4 is 5.32 Å². The molecular formula is C19H21NO4S. The van der Waals surface area contributed by atoms with E-state index in [0.29, 0.717) is 23.6 Å². The highest BCUT2D eigenvalue weighted by Crippen LogP contribution is 2.36. The molecule has 1 aliphatic heterocycles. The van der Waals surface area contributed by atoms with Crippen molar-refractivity contribution in [1.29, 1.82) is 0 Å². The summed E-state index contributed by atoms with van der Waals surface area (Å²) in [7, 11) is 0. The van der Waals surface area contributed by atoms with Crippen LogP contribution >= 0.6 is 11.3 Å². The highest BCUT2D eigenvalue weighted by atomic mass is 32.1. The molecule has 0 aliphatic carbocycles. The van der Waals surface area contributed by atoms with Gasteiger partial charge in [-0.25, -0.2) is 4.79 Å². The molecular weight excluding hydrogens is 338 g/mol. The van der Waals surface area contributed by atoms with Gasteiger partial charge in [-0.1, -0.05) is 29.8 Å². The van der Waals surface area contributed by atoms with Crippen molar-refractivity contribution >= 4 is 28.2 Å². The fraction of sp³-hybridized carbons (Fsp3) is 0.368. The zero-order valence-electron chi connectivity index (χ0n) is 14.3. The van der Waals surface area contributed by atoms with E-state index in [2.05, 4.69) is 5.32 Å². The van der Waals surface area contributed by atoms with Crippen molar-refractivity contribution in [3.8, 4) is 11.1 Å².